The molecule has 0 aliphatic carbocycles. The van der Waals surface area contributed by atoms with E-state index in [-0.39, 0.29) is 11.8 Å². The first-order valence-electron chi connectivity index (χ1n) is 9.08. The Morgan fingerprint density at radius 1 is 1.00 bits per heavy atom. The van der Waals surface area contributed by atoms with Crippen LogP contribution in [0.15, 0.2) is 58.3 Å². The van der Waals surface area contributed by atoms with Crippen LogP contribution in [0.1, 0.15) is 27.2 Å². The van der Waals surface area contributed by atoms with Gasteiger partial charge >= 0.3 is 0 Å². The molecule has 2 aromatic carbocycles. The zero-order valence-electron chi connectivity index (χ0n) is 15.2. The second-order valence-corrected chi connectivity index (χ2v) is 7.51. The maximum absolute atomic E-state index is 13.3. The van der Waals surface area contributed by atoms with Crippen LogP contribution in [0.4, 0.5) is 11.4 Å². The van der Waals surface area contributed by atoms with Crippen molar-refractivity contribution in [2.24, 2.45) is 5.92 Å². The minimum absolute atomic E-state index is 0.00943. The summed E-state index contributed by atoms with van der Waals surface area (Å²) in [4.78, 5) is 19.9. The molecule has 0 fully saturated rings. The highest BCUT2D eigenvalue weighted by Crippen LogP contribution is 2.48. The topological polar surface area (TPSA) is 23.6 Å². The van der Waals surface area contributed by atoms with E-state index >= 15 is 0 Å². The Balaban J connectivity index is 1.87. The molecule has 3 nitrogen and oxygen atoms in total. The number of fused-ring (bicyclic) bond motifs is 2. The second kappa shape index (κ2) is 8.07. The predicted molar refractivity (Wildman–Crippen MR) is 106 cm³/mol. The molecule has 1 atom stereocenters. The second-order valence-electron chi connectivity index (χ2n) is 6.43. The van der Waals surface area contributed by atoms with Gasteiger partial charge in [-0.1, -0.05) is 56.8 Å². The van der Waals surface area contributed by atoms with Crippen LogP contribution in [-0.4, -0.2) is 30.4 Å². The van der Waals surface area contributed by atoms with Crippen molar-refractivity contribution >= 4 is 29.0 Å². The molecule has 2 aromatic rings. The summed E-state index contributed by atoms with van der Waals surface area (Å²) < 4.78 is 0. The Kier molecular flexibility index (Phi) is 5.82. The van der Waals surface area contributed by atoms with Crippen LogP contribution in [0.25, 0.3) is 0 Å². The first kappa shape index (κ1) is 18.0. The normalized spacial score (nSPS) is 14.2. The maximum Gasteiger partial charge on any atom is 0.234 e. The van der Waals surface area contributed by atoms with E-state index in [1.165, 1.54) is 0 Å². The minimum Gasteiger partial charge on any atom is -0.304 e. The molecule has 132 valence electrons. The van der Waals surface area contributed by atoms with E-state index in [0.717, 1.165) is 47.2 Å². The quantitative estimate of drug-likeness (QED) is 0.714. The first-order chi connectivity index (χ1) is 12.2. The number of amides is 1. The molecule has 25 heavy (non-hydrogen) atoms. The molecule has 0 N–H and O–H groups in total. The SMILES string of the molecule is CCN(CC)CCC(C)C(=O)N1c2ccccc2Sc2ccccc21. The number of para-hydroxylation sites is 2. The Bertz CT molecular complexity index is 697. The van der Waals surface area contributed by atoms with Crippen molar-refractivity contribution in [3.8, 4) is 0 Å². The summed E-state index contributed by atoms with van der Waals surface area (Å²) in [6, 6.07) is 16.4. The van der Waals surface area contributed by atoms with E-state index in [1.54, 1.807) is 11.8 Å². The lowest BCUT2D eigenvalue weighted by atomic mass is 10.0. The molecule has 0 saturated heterocycles. The summed E-state index contributed by atoms with van der Waals surface area (Å²) in [6.45, 7) is 9.42. The molecule has 1 aliphatic rings. The Morgan fingerprint density at radius 2 is 1.52 bits per heavy atom. The van der Waals surface area contributed by atoms with Crippen LogP contribution in [0, 0.1) is 5.92 Å². The smallest absolute Gasteiger partial charge is 0.234 e. The molecule has 1 heterocycles. The fourth-order valence-corrected chi connectivity index (χ4v) is 4.26. The number of nitrogens with zero attached hydrogens (tertiary/aromatic N) is 2. The van der Waals surface area contributed by atoms with E-state index in [9.17, 15) is 4.79 Å². The highest BCUT2D eigenvalue weighted by atomic mass is 32.2. The lowest BCUT2D eigenvalue weighted by Crippen LogP contribution is -2.35. The first-order valence-corrected chi connectivity index (χ1v) is 9.89. The van der Waals surface area contributed by atoms with Crippen LogP contribution >= 0.6 is 11.8 Å². The largest absolute Gasteiger partial charge is 0.304 e. The van der Waals surface area contributed by atoms with Crippen LogP contribution in [0.2, 0.25) is 0 Å². The van der Waals surface area contributed by atoms with Crippen LogP contribution < -0.4 is 4.90 Å². The number of anilines is 2. The van der Waals surface area contributed by atoms with Gasteiger partial charge in [0, 0.05) is 15.7 Å². The highest BCUT2D eigenvalue weighted by molar-refractivity contribution is 7.99. The summed E-state index contributed by atoms with van der Waals surface area (Å²) in [5.41, 5.74) is 2.01. The van der Waals surface area contributed by atoms with Gasteiger partial charge in [-0.2, -0.15) is 0 Å². The standard InChI is InChI=1S/C21H26N2OS/c1-4-22(5-2)15-14-16(3)21(24)23-17-10-6-8-12-19(17)25-20-13-9-7-11-18(20)23/h6-13,16H,4-5,14-15H2,1-3H3. The predicted octanol–water partition coefficient (Wildman–Crippen LogP) is 5.18. The average Bonchev–Trinajstić information content (AvgIpc) is 2.66. The molecule has 0 bridgehead atoms. The summed E-state index contributed by atoms with van der Waals surface area (Å²) in [5, 5.41) is 0. The lowest BCUT2D eigenvalue weighted by molar-refractivity contribution is -0.121. The zero-order chi connectivity index (χ0) is 17.8. The van der Waals surface area contributed by atoms with Crippen molar-refractivity contribution < 1.29 is 4.79 Å². The summed E-state index contributed by atoms with van der Waals surface area (Å²) >= 11 is 1.74. The van der Waals surface area contributed by atoms with E-state index < -0.39 is 0 Å². The molecule has 0 spiro atoms. The van der Waals surface area contributed by atoms with E-state index in [1.807, 2.05) is 41.3 Å². The molecule has 1 unspecified atom stereocenters. The fourth-order valence-electron chi connectivity index (χ4n) is 3.20. The molecule has 0 radical (unpaired) electrons. The number of hydrogen-bond acceptors (Lipinski definition) is 3. The molecule has 1 amide bonds. The van der Waals surface area contributed by atoms with Gasteiger partial charge in [-0.05, 0) is 50.3 Å². The molecule has 3 rings (SSSR count). The lowest BCUT2D eigenvalue weighted by Gasteiger charge is -2.33. The van der Waals surface area contributed by atoms with E-state index in [4.69, 9.17) is 0 Å². The monoisotopic (exact) mass is 354 g/mol. The Morgan fingerprint density at radius 3 is 2.04 bits per heavy atom. The van der Waals surface area contributed by atoms with Crippen LogP contribution in [0.5, 0.6) is 0 Å². The summed E-state index contributed by atoms with van der Waals surface area (Å²) in [7, 11) is 0. The van der Waals surface area contributed by atoms with Crippen molar-refractivity contribution in [3.63, 3.8) is 0 Å². The van der Waals surface area contributed by atoms with Gasteiger partial charge in [0.1, 0.15) is 0 Å². The van der Waals surface area contributed by atoms with Crippen molar-refractivity contribution in [2.45, 2.75) is 37.0 Å². The van der Waals surface area contributed by atoms with E-state index in [0.29, 0.717) is 0 Å². The van der Waals surface area contributed by atoms with Gasteiger partial charge < -0.3 is 4.90 Å². The minimum atomic E-state index is -0.00943. The summed E-state index contributed by atoms with van der Waals surface area (Å²) in [5.74, 6) is 0.178. The molecule has 1 aliphatic heterocycles. The maximum atomic E-state index is 13.3. The van der Waals surface area contributed by atoms with Gasteiger partial charge in [-0.25, -0.2) is 0 Å². The van der Waals surface area contributed by atoms with Crippen molar-refractivity contribution in [3.05, 3.63) is 48.5 Å². The third-order valence-corrected chi connectivity index (χ3v) is 5.98. The molecule has 0 saturated carbocycles. The van der Waals surface area contributed by atoms with Crippen molar-refractivity contribution in [1.29, 1.82) is 0 Å². The van der Waals surface area contributed by atoms with Crippen molar-refractivity contribution in [2.75, 3.05) is 24.5 Å². The Hall–Kier alpha value is -1.78. The number of carbonyl (C=O) groups is 1. The van der Waals surface area contributed by atoms with Gasteiger partial charge in [-0.15, -0.1) is 0 Å². The van der Waals surface area contributed by atoms with Gasteiger partial charge in [0.25, 0.3) is 0 Å². The van der Waals surface area contributed by atoms with Crippen LogP contribution in [-0.2, 0) is 4.79 Å². The third kappa shape index (κ3) is 3.75. The number of rotatable bonds is 6. The highest BCUT2D eigenvalue weighted by Gasteiger charge is 2.30. The van der Waals surface area contributed by atoms with E-state index in [2.05, 4.69) is 37.8 Å². The van der Waals surface area contributed by atoms with Gasteiger partial charge in [0.05, 0.1) is 11.4 Å². The number of benzene rings is 2. The molecular weight excluding hydrogens is 328 g/mol. The average molecular weight is 355 g/mol. The van der Waals surface area contributed by atoms with Crippen LogP contribution in [0.3, 0.4) is 0 Å². The zero-order valence-corrected chi connectivity index (χ0v) is 16.1. The third-order valence-electron chi connectivity index (χ3n) is 4.85. The summed E-state index contributed by atoms with van der Waals surface area (Å²) in [6.07, 6.45) is 0.883. The van der Waals surface area contributed by atoms with Gasteiger partial charge in [0.15, 0.2) is 0 Å². The Labute approximate surface area is 155 Å². The number of hydrogen-bond donors (Lipinski definition) is 0. The molecule has 4 heteroatoms. The molecular formula is C21H26N2OS. The number of carbonyl (C=O) groups excluding carboxylic acids is 1. The van der Waals surface area contributed by atoms with Crippen molar-refractivity contribution in [1.82, 2.24) is 4.90 Å². The van der Waals surface area contributed by atoms with Gasteiger partial charge in [0.2, 0.25) is 5.91 Å². The van der Waals surface area contributed by atoms with Gasteiger partial charge in [-0.3, -0.25) is 9.69 Å². The fraction of sp³-hybridized carbons (Fsp3) is 0.381. The molecule has 0 aromatic heterocycles.